The minimum Gasteiger partial charge on any atom is -0.383 e. The molecule has 0 radical (unpaired) electrons. The Balaban J connectivity index is 1.49. The smallest absolute Gasteiger partial charge is 0.158 e. The maximum absolute atomic E-state index is 6.64. The Bertz CT molecular complexity index is 2190. The quantitative estimate of drug-likeness (QED) is 0.167. The van der Waals surface area contributed by atoms with E-state index >= 15 is 0 Å². The molecule has 5 nitrogen and oxygen atoms in total. The van der Waals surface area contributed by atoms with Crippen LogP contribution >= 0.6 is 0 Å². The summed E-state index contributed by atoms with van der Waals surface area (Å²) in [5.41, 5.74) is 14.5. The van der Waals surface area contributed by atoms with E-state index in [-0.39, 0.29) is 5.92 Å². The summed E-state index contributed by atoms with van der Waals surface area (Å²) in [6.45, 7) is 2.28. The van der Waals surface area contributed by atoms with Crippen LogP contribution in [0.1, 0.15) is 30.2 Å². The van der Waals surface area contributed by atoms with Crippen molar-refractivity contribution in [2.75, 3.05) is 0 Å². The molecule has 2 aliphatic carbocycles. The van der Waals surface area contributed by atoms with Gasteiger partial charge in [0, 0.05) is 33.3 Å². The number of fused-ring (bicyclic) bond motifs is 7. The lowest BCUT2D eigenvalue weighted by Crippen LogP contribution is -2.21. The van der Waals surface area contributed by atoms with Crippen molar-refractivity contribution in [1.29, 1.82) is 0 Å². The first-order valence-electron chi connectivity index (χ1n) is 15.3. The Labute approximate surface area is 256 Å². The largest absolute Gasteiger partial charge is 0.383 e. The van der Waals surface area contributed by atoms with Gasteiger partial charge in [-0.05, 0) is 48.6 Å². The molecule has 0 amide bonds. The van der Waals surface area contributed by atoms with Crippen LogP contribution in [0.15, 0.2) is 138 Å². The third kappa shape index (κ3) is 4.32. The lowest BCUT2D eigenvalue weighted by atomic mass is 9.93. The summed E-state index contributed by atoms with van der Waals surface area (Å²) in [6, 6.07) is 33.8. The van der Waals surface area contributed by atoms with Gasteiger partial charge in [-0.3, -0.25) is 0 Å². The van der Waals surface area contributed by atoms with E-state index < -0.39 is 0 Å². The minimum absolute atomic E-state index is 0.000963. The molecule has 4 aromatic carbocycles. The lowest BCUT2D eigenvalue weighted by molar-refractivity contribution is 0.711. The molecule has 2 N–H and O–H groups in total. The number of aliphatic imine (C=N–C) groups is 1. The molecular weight excluding hydrogens is 538 g/mol. The van der Waals surface area contributed by atoms with Gasteiger partial charge in [-0.1, -0.05) is 116 Å². The molecule has 2 aromatic heterocycles. The summed E-state index contributed by atoms with van der Waals surface area (Å²) in [4.78, 5) is 5.03. The summed E-state index contributed by atoms with van der Waals surface area (Å²) in [5, 5.41) is 9.10. The van der Waals surface area contributed by atoms with Gasteiger partial charge >= 0.3 is 0 Å². The second-order valence-electron chi connectivity index (χ2n) is 11.7. The summed E-state index contributed by atoms with van der Waals surface area (Å²) in [7, 11) is 0. The number of allylic oxidation sites excluding steroid dienone is 4. The zero-order chi connectivity index (χ0) is 29.6. The first-order chi connectivity index (χ1) is 21.7. The van der Waals surface area contributed by atoms with Crippen molar-refractivity contribution >= 4 is 50.5 Å². The van der Waals surface area contributed by atoms with E-state index in [0.29, 0.717) is 17.6 Å². The van der Waals surface area contributed by atoms with Crippen molar-refractivity contribution in [1.82, 2.24) is 9.24 Å². The number of nitrogens with two attached hydrogens (primary N) is 1. The van der Waals surface area contributed by atoms with Crippen LogP contribution in [-0.4, -0.2) is 20.9 Å². The van der Waals surface area contributed by atoms with Crippen LogP contribution in [0.2, 0.25) is 0 Å². The van der Waals surface area contributed by atoms with Crippen LogP contribution in [0.4, 0.5) is 0 Å². The molecule has 6 aromatic rings. The van der Waals surface area contributed by atoms with Gasteiger partial charge in [-0.15, -0.1) is 0 Å². The van der Waals surface area contributed by atoms with Gasteiger partial charge in [0.15, 0.2) is 5.84 Å². The second-order valence-corrected chi connectivity index (χ2v) is 11.7. The summed E-state index contributed by atoms with van der Waals surface area (Å²) >= 11 is 0. The number of para-hydroxylation sites is 2. The topological polar surface area (TPSA) is 60.6 Å². The number of nitrogens with zero attached hydrogens (tertiary/aromatic N) is 4. The Morgan fingerprint density at radius 1 is 0.773 bits per heavy atom. The molecule has 2 heterocycles. The molecule has 5 heteroatoms. The number of aromatic nitrogens is 2. The highest BCUT2D eigenvalue weighted by atomic mass is 15.4. The molecule has 0 saturated heterocycles. The van der Waals surface area contributed by atoms with Crippen molar-refractivity contribution in [2.24, 2.45) is 27.7 Å². The predicted molar refractivity (Wildman–Crippen MR) is 185 cm³/mol. The molecular formula is C39H33N5. The Kier molecular flexibility index (Phi) is 6.37. The van der Waals surface area contributed by atoms with Crippen LogP contribution in [-0.2, 0) is 6.42 Å². The molecule has 0 saturated carbocycles. The first-order valence-corrected chi connectivity index (χ1v) is 15.3. The Hall–Kier alpha value is -5.42. The predicted octanol–water partition coefficient (Wildman–Crippen LogP) is 8.64. The molecule has 0 fully saturated rings. The SMILES string of the molecule is CC1C=Cc2c(c3ccc4c5ccccc5n(-c5ccccc5)c4c3n2N=C(N=C(N)c2ccccc2)C2C=CC=CC2)C1. The maximum Gasteiger partial charge on any atom is 0.158 e. The van der Waals surface area contributed by atoms with Crippen molar-refractivity contribution in [3.8, 4) is 5.69 Å². The highest BCUT2D eigenvalue weighted by Gasteiger charge is 2.26. The van der Waals surface area contributed by atoms with Gasteiger partial charge in [-0.2, -0.15) is 5.10 Å². The highest BCUT2D eigenvalue weighted by Crippen LogP contribution is 2.41. The standard InChI is InChI=1S/C39H33N5/c1-26-21-24-35-33(25-26)32-23-22-31-30-19-11-12-20-34(30)43(29-17-9-4-10-18-29)36(31)37(32)44(35)42-39(28-15-7-3-8-16-28)41-38(40)27-13-5-2-6-14-27/h2-15,17-24,26,28H,16,25H2,1H3,(H2,40,41,42). The third-order valence-corrected chi connectivity index (χ3v) is 8.83. The van der Waals surface area contributed by atoms with E-state index in [1.807, 2.05) is 30.3 Å². The molecule has 0 spiro atoms. The average molecular weight is 572 g/mol. The summed E-state index contributed by atoms with van der Waals surface area (Å²) < 4.78 is 4.54. The van der Waals surface area contributed by atoms with Gasteiger partial charge in [0.1, 0.15) is 5.84 Å². The fourth-order valence-electron chi connectivity index (χ4n) is 6.72. The van der Waals surface area contributed by atoms with E-state index in [9.17, 15) is 0 Å². The monoisotopic (exact) mass is 571 g/mol. The third-order valence-electron chi connectivity index (χ3n) is 8.83. The second kappa shape index (κ2) is 10.7. The van der Waals surface area contributed by atoms with Crippen LogP contribution in [0.5, 0.6) is 0 Å². The molecule has 0 bridgehead atoms. The van der Waals surface area contributed by atoms with Crippen molar-refractivity contribution in [3.63, 3.8) is 0 Å². The van der Waals surface area contributed by atoms with Crippen LogP contribution in [0.25, 0.3) is 44.5 Å². The Morgan fingerprint density at radius 3 is 2.32 bits per heavy atom. The molecule has 2 atom stereocenters. The van der Waals surface area contributed by atoms with E-state index in [0.717, 1.165) is 40.8 Å². The van der Waals surface area contributed by atoms with Gasteiger partial charge < -0.3 is 10.3 Å². The molecule has 44 heavy (non-hydrogen) atoms. The van der Waals surface area contributed by atoms with Crippen molar-refractivity contribution in [3.05, 3.63) is 144 Å². The fourth-order valence-corrected chi connectivity index (χ4v) is 6.72. The van der Waals surface area contributed by atoms with Crippen molar-refractivity contribution in [2.45, 2.75) is 19.8 Å². The van der Waals surface area contributed by atoms with Gasteiger partial charge in [0.05, 0.1) is 22.2 Å². The number of rotatable bonds is 4. The van der Waals surface area contributed by atoms with E-state index in [4.69, 9.17) is 15.8 Å². The summed E-state index contributed by atoms with van der Waals surface area (Å²) in [6.07, 6.45) is 14.8. The van der Waals surface area contributed by atoms with Crippen molar-refractivity contribution < 1.29 is 0 Å². The number of hydrogen-bond acceptors (Lipinski definition) is 1. The van der Waals surface area contributed by atoms with Gasteiger partial charge in [0.25, 0.3) is 0 Å². The number of benzene rings is 4. The average Bonchev–Trinajstić information content (AvgIpc) is 3.58. The number of amidine groups is 2. The first kappa shape index (κ1) is 26.2. The van der Waals surface area contributed by atoms with E-state index in [1.165, 1.54) is 27.2 Å². The maximum atomic E-state index is 6.64. The molecule has 214 valence electrons. The van der Waals surface area contributed by atoms with Crippen LogP contribution in [0, 0.1) is 11.8 Å². The fraction of sp³-hybridized carbons (Fsp3) is 0.128. The van der Waals surface area contributed by atoms with E-state index in [1.54, 1.807) is 0 Å². The van der Waals surface area contributed by atoms with Gasteiger partial charge in [0.2, 0.25) is 0 Å². The summed E-state index contributed by atoms with van der Waals surface area (Å²) in [5.74, 6) is 1.60. The lowest BCUT2D eigenvalue weighted by Gasteiger charge is -2.16. The Morgan fingerprint density at radius 2 is 1.52 bits per heavy atom. The molecule has 8 rings (SSSR count). The highest BCUT2D eigenvalue weighted by molar-refractivity contribution is 6.19. The number of hydrogen-bond donors (Lipinski definition) is 1. The zero-order valence-corrected chi connectivity index (χ0v) is 24.6. The minimum atomic E-state index is 0.000963. The van der Waals surface area contributed by atoms with E-state index in [2.05, 4.69) is 119 Å². The zero-order valence-electron chi connectivity index (χ0n) is 24.6. The van der Waals surface area contributed by atoms with Crippen LogP contribution < -0.4 is 5.73 Å². The van der Waals surface area contributed by atoms with Gasteiger partial charge in [-0.25, -0.2) is 9.67 Å². The molecule has 0 aliphatic heterocycles. The van der Waals surface area contributed by atoms with Crippen LogP contribution in [0.3, 0.4) is 0 Å². The normalized spacial score (nSPS) is 18.5. The molecule has 2 unspecified atom stereocenters. The molecule has 2 aliphatic rings.